The van der Waals surface area contributed by atoms with Gasteiger partial charge in [-0.3, -0.25) is 4.79 Å². The fraction of sp³-hybridized carbons (Fsp3) is 0.294. The van der Waals surface area contributed by atoms with Gasteiger partial charge in [0.05, 0.1) is 6.26 Å². The Balaban J connectivity index is 1.72. The Morgan fingerprint density at radius 3 is 2.60 bits per heavy atom. The molecule has 1 saturated heterocycles. The lowest BCUT2D eigenvalue weighted by molar-refractivity contribution is -0.154. The van der Waals surface area contributed by atoms with Crippen LogP contribution in [0.15, 0.2) is 41.0 Å². The number of carbonyl (C=O) groups is 2. The smallest absolute Gasteiger partial charge is 0.330 e. The third kappa shape index (κ3) is 3.81. The summed E-state index contributed by atoms with van der Waals surface area (Å²) in [7, 11) is 0. The van der Waals surface area contributed by atoms with Gasteiger partial charge < -0.3 is 14.1 Å². The first-order valence-corrected chi connectivity index (χ1v) is 9.33. The van der Waals surface area contributed by atoms with Gasteiger partial charge >= 0.3 is 5.97 Å². The molecule has 2 heterocycles. The Bertz CT molecular complexity index is 761. The molecule has 2 aromatic rings. The van der Waals surface area contributed by atoms with Crippen molar-refractivity contribution in [2.24, 2.45) is 0 Å². The number of thioether (sulfide) groups is 1. The highest BCUT2D eigenvalue weighted by Crippen LogP contribution is 2.42. The molecule has 1 amide bonds. The van der Waals surface area contributed by atoms with Gasteiger partial charge in [-0.05, 0) is 24.3 Å². The number of furan rings is 1. The van der Waals surface area contributed by atoms with Crippen LogP contribution in [0, 0.1) is 0 Å². The van der Waals surface area contributed by atoms with Gasteiger partial charge in [0, 0.05) is 28.3 Å². The molecule has 0 N–H and O–H groups in total. The van der Waals surface area contributed by atoms with Crippen molar-refractivity contribution in [2.45, 2.75) is 24.9 Å². The van der Waals surface area contributed by atoms with Crippen LogP contribution in [0.1, 0.15) is 23.6 Å². The molecule has 0 radical (unpaired) electrons. The van der Waals surface area contributed by atoms with E-state index in [1.807, 2.05) is 0 Å². The van der Waals surface area contributed by atoms with Crippen LogP contribution in [-0.4, -0.2) is 28.6 Å². The molecule has 132 valence electrons. The van der Waals surface area contributed by atoms with Crippen LogP contribution >= 0.6 is 35.0 Å². The SMILES string of the molecule is CC(=O)N1[C@@H](C(=O)OCc2c(Cl)cccc2Cl)CS[C@@H]1c1ccco1. The van der Waals surface area contributed by atoms with Crippen molar-refractivity contribution < 1.29 is 18.7 Å². The first-order valence-electron chi connectivity index (χ1n) is 7.52. The van der Waals surface area contributed by atoms with Crippen LogP contribution in [0.5, 0.6) is 0 Å². The fourth-order valence-corrected chi connectivity index (χ4v) is 4.56. The van der Waals surface area contributed by atoms with Gasteiger partial charge in [0.1, 0.15) is 23.8 Å². The molecule has 0 bridgehead atoms. The Morgan fingerprint density at radius 2 is 2.00 bits per heavy atom. The molecule has 5 nitrogen and oxygen atoms in total. The molecule has 3 rings (SSSR count). The van der Waals surface area contributed by atoms with Gasteiger partial charge in [0.15, 0.2) is 0 Å². The molecule has 8 heteroatoms. The van der Waals surface area contributed by atoms with Gasteiger partial charge in [-0.25, -0.2) is 4.79 Å². The number of ether oxygens (including phenoxy) is 1. The lowest BCUT2D eigenvalue weighted by Crippen LogP contribution is -2.42. The Morgan fingerprint density at radius 1 is 1.28 bits per heavy atom. The van der Waals surface area contributed by atoms with E-state index in [-0.39, 0.29) is 17.9 Å². The predicted octanol–water partition coefficient (Wildman–Crippen LogP) is 4.29. The zero-order valence-corrected chi connectivity index (χ0v) is 15.6. The van der Waals surface area contributed by atoms with Crippen LogP contribution < -0.4 is 0 Å². The van der Waals surface area contributed by atoms with Gasteiger partial charge in [0.2, 0.25) is 5.91 Å². The summed E-state index contributed by atoms with van der Waals surface area (Å²) < 4.78 is 10.8. The van der Waals surface area contributed by atoms with Crippen LogP contribution in [-0.2, 0) is 20.9 Å². The summed E-state index contributed by atoms with van der Waals surface area (Å²) in [6.45, 7) is 1.38. The minimum atomic E-state index is -0.682. The van der Waals surface area contributed by atoms with E-state index < -0.39 is 12.0 Å². The van der Waals surface area contributed by atoms with Crippen molar-refractivity contribution in [1.82, 2.24) is 4.90 Å². The summed E-state index contributed by atoms with van der Waals surface area (Å²) in [5.41, 5.74) is 0.543. The minimum Gasteiger partial charge on any atom is -0.466 e. The molecule has 1 aromatic heterocycles. The predicted molar refractivity (Wildman–Crippen MR) is 96.5 cm³/mol. The fourth-order valence-electron chi connectivity index (χ4n) is 2.63. The van der Waals surface area contributed by atoms with Gasteiger partial charge in [-0.2, -0.15) is 0 Å². The summed E-state index contributed by atoms with van der Waals surface area (Å²) in [4.78, 5) is 26.1. The van der Waals surface area contributed by atoms with E-state index >= 15 is 0 Å². The topological polar surface area (TPSA) is 59.8 Å². The van der Waals surface area contributed by atoms with Crippen molar-refractivity contribution in [3.63, 3.8) is 0 Å². The number of benzene rings is 1. The summed E-state index contributed by atoms with van der Waals surface area (Å²) >= 11 is 13.6. The molecule has 1 aliphatic heterocycles. The zero-order valence-electron chi connectivity index (χ0n) is 13.3. The molecule has 1 fully saturated rings. The Labute approximate surface area is 159 Å². The summed E-state index contributed by atoms with van der Waals surface area (Å²) in [6.07, 6.45) is 1.54. The number of esters is 1. The van der Waals surface area contributed by atoms with E-state index in [1.165, 1.54) is 23.6 Å². The maximum Gasteiger partial charge on any atom is 0.330 e. The van der Waals surface area contributed by atoms with Crippen molar-refractivity contribution >= 4 is 46.8 Å². The highest BCUT2D eigenvalue weighted by atomic mass is 35.5. The molecule has 25 heavy (non-hydrogen) atoms. The third-order valence-corrected chi connectivity index (χ3v) is 5.83. The van der Waals surface area contributed by atoms with Gasteiger partial charge in [-0.15, -0.1) is 11.8 Å². The van der Waals surface area contributed by atoms with E-state index in [2.05, 4.69) is 0 Å². The third-order valence-electron chi connectivity index (χ3n) is 3.84. The van der Waals surface area contributed by atoms with Crippen LogP contribution in [0.2, 0.25) is 10.0 Å². The zero-order chi connectivity index (χ0) is 18.0. The lowest BCUT2D eigenvalue weighted by atomic mass is 10.2. The molecule has 0 spiro atoms. The van der Waals surface area contributed by atoms with Crippen LogP contribution in [0.25, 0.3) is 0 Å². The minimum absolute atomic E-state index is 0.0460. The summed E-state index contributed by atoms with van der Waals surface area (Å²) in [6, 6.07) is 7.92. The van der Waals surface area contributed by atoms with Gasteiger partial charge in [-0.1, -0.05) is 29.3 Å². The maximum absolute atomic E-state index is 12.5. The monoisotopic (exact) mass is 399 g/mol. The number of amides is 1. The largest absolute Gasteiger partial charge is 0.466 e. The number of carbonyl (C=O) groups excluding carboxylic acids is 2. The average Bonchev–Trinajstić information content (AvgIpc) is 3.23. The second-order valence-corrected chi connectivity index (χ2v) is 7.38. The first-order chi connectivity index (χ1) is 12.0. The molecular weight excluding hydrogens is 385 g/mol. The number of rotatable bonds is 4. The van der Waals surface area contributed by atoms with E-state index in [0.29, 0.717) is 27.1 Å². The molecular formula is C17H15Cl2NO4S. The van der Waals surface area contributed by atoms with Crippen molar-refractivity contribution in [2.75, 3.05) is 5.75 Å². The standard InChI is InChI=1S/C17H15Cl2NO4S/c1-10(21)20-14(9-25-16(20)15-6-3-7-23-15)17(22)24-8-11-12(18)4-2-5-13(11)19/h2-7,14,16H,8-9H2,1H3/t14-,16-/m1/s1. The molecule has 0 aliphatic carbocycles. The van der Waals surface area contributed by atoms with E-state index in [9.17, 15) is 9.59 Å². The maximum atomic E-state index is 12.5. The molecule has 2 atom stereocenters. The summed E-state index contributed by atoms with van der Waals surface area (Å²) in [5, 5.41) is 0.518. The first kappa shape index (κ1) is 18.2. The normalized spacial score (nSPS) is 19.9. The number of halogens is 2. The molecule has 0 unspecified atom stereocenters. The van der Waals surface area contributed by atoms with Crippen molar-refractivity contribution in [1.29, 1.82) is 0 Å². The lowest BCUT2D eigenvalue weighted by Gasteiger charge is -2.25. The highest BCUT2D eigenvalue weighted by Gasteiger charge is 2.43. The molecule has 1 aromatic carbocycles. The number of hydrogen-bond donors (Lipinski definition) is 0. The van der Waals surface area contributed by atoms with Gasteiger partial charge in [0.25, 0.3) is 0 Å². The van der Waals surface area contributed by atoms with Crippen LogP contribution in [0.3, 0.4) is 0 Å². The average molecular weight is 400 g/mol. The Kier molecular flexibility index (Phi) is 5.61. The van der Waals surface area contributed by atoms with E-state index in [1.54, 1.807) is 36.6 Å². The summed E-state index contributed by atoms with van der Waals surface area (Å²) in [5.74, 6) is 0.349. The molecule has 1 aliphatic rings. The molecule has 0 saturated carbocycles. The number of nitrogens with zero attached hydrogens (tertiary/aromatic N) is 1. The van der Waals surface area contributed by atoms with E-state index in [4.69, 9.17) is 32.4 Å². The van der Waals surface area contributed by atoms with Crippen molar-refractivity contribution in [3.8, 4) is 0 Å². The Hall–Kier alpha value is -1.63. The highest BCUT2D eigenvalue weighted by molar-refractivity contribution is 7.99. The van der Waals surface area contributed by atoms with Crippen LogP contribution in [0.4, 0.5) is 0 Å². The second kappa shape index (κ2) is 7.72. The quantitative estimate of drug-likeness (QED) is 0.717. The van der Waals surface area contributed by atoms with E-state index in [0.717, 1.165) is 0 Å². The second-order valence-electron chi connectivity index (χ2n) is 5.45. The number of hydrogen-bond acceptors (Lipinski definition) is 5. The van der Waals surface area contributed by atoms with Crippen molar-refractivity contribution in [3.05, 3.63) is 58.0 Å².